The fraction of sp³-hybridized carbons (Fsp3) is 0.500. The van der Waals surface area contributed by atoms with Crippen molar-refractivity contribution in [2.24, 2.45) is 0 Å². The van der Waals surface area contributed by atoms with Crippen molar-refractivity contribution in [1.29, 1.82) is 0 Å². The van der Waals surface area contributed by atoms with Gasteiger partial charge in [0.2, 0.25) is 0 Å². The lowest BCUT2D eigenvalue weighted by Gasteiger charge is -2.10. The number of nitrogens with one attached hydrogen (secondary N) is 1. The number of nitrogen functional groups attached to an aromatic ring is 1. The maximum atomic E-state index is 11.1. The van der Waals surface area contributed by atoms with Crippen LogP contribution in [0.4, 0.5) is 11.4 Å². The summed E-state index contributed by atoms with van der Waals surface area (Å²) in [6, 6.07) is 1.83. The van der Waals surface area contributed by atoms with E-state index in [1.54, 1.807) is 18.6 Å². The van der Waals surface area contributed by atoms with E-state index in [-0.39, 0.29) is 5.25 Å². The van der Waals surface area contributed by atoms with Crippen molar-refractivity contribution in [2.45, 2.75) is 18.6 Å². The molecule has 1 aromatic rings. The first-order valence-corrected chi connectivity index (χ1v) is 6.48. The minimum absolute atomic E-state index is 0.214. The van der Waals surface area contributed by atoms with Crippen molar-refractivity contribution in [1.82, 2.24) is 4.98 Å². The number of anilines is 2. The van der Waals surface area contributed by atoms with Crippen molar-refractivity contribution >= 4 is 22.2 Å². The monoisotopic (exact) mass is 227 g/mol. The van der Waals surface area contributed by atoms with Gasteiger partial charge in [0.1, 0.15) is 0 Å². The zero-order valence-electron chi connectivity index (χ0n) is 9.06. The van der Waals surface area contributed by atoms with E-state index in [0.717, 1.165) is 18.7 Å². The van der Waals surface area contributed by atoms with Crippen LogP contribution in [0.5, 0.6) is 0 Å². The van der Waals surface area contributed by atoms with E-state index in [4.69, 9.17) is 5.73 Å². The molecule has 2 unspecified atom stereocenters. The average molecular weight is 227 g/mol. The number of hydrogen-bond donors (Lipinski definition) is 2. The lowest BCUT2D eigenvalue weighted by Crippen LogP contribution is -2.14. The molecule has 0 aromatic carbocycles. The normalized spacial score (nSPS) is 14.5. The summed E-state index contributed by atoms with van der Waals surface area (Å²) in [7, 11) is -0.753. The Hall–Kier alpha value is -1.10. The van der Waals surface area contributed by atoms with Crippen molar-refractivity contribution in [3.8, 4) is 0 Å². The molecule has 0 saturated heterocycles. The minimum atomic E-state index is -0.753. The van der Waals surface area contributed by atoms with Crippen molar-refractivity contribution in [2.75, 3.05) is 23.9 Å². The summed E-state index contributed by atoms with van der Waals surface area (Å²) in [5.74, 6) is 0. The zero-order valence-corrected chi connectivity index (χ0v) is 9.88. The van der Waals surface area contributed by atoms with Gasteiger partial charge in [0.25, 0.3) is 0 Å². The largest absolute Gasteiger partial charge is 0.397 e. The van der Waals surface area contributed by atoms with E-state index >= 15 is 0 Å². The van der Waals surface area contributed by atoms with Crippen molar-refractivity contribution in [3.05, 3.63) is 18.5 Å². The Kier molecular flexibility index (Phi) is 4.55. The van der Waals surface area contributed by atoms with Crippen LogP contribution in [0.1, 0.15) is 13.3 Å². The SMILES string of the molecule is CC(CCNc1cncc(N)c1)S(C)=O. The van der Waals surface area contributed by atoms with Crippen LogP contribution < -0.4 is 11.1 Å². The molecule has 0 bridgehead atoms. The second-order valence-electron chi connectivity index (χ2n) is 3.53. The van der Waals surface area contributed by atoms with Crippen molar-refractivity contribution < 1.29 is 4.21 Å². The quantitative estimate of drug-likeness (QED) is 0.794. The molecule has 0 aliphatic carbocycles. The van der Waals surface area contributed by atoms with Gasteiger partial charge in [-0.3, -0.25) is 9.19 Å². The maximum Gasteiger partial charge on any atom is 0.0547 e. The highest BCUT2D eigenvalue weighted by molar-refractivity contribution is 7.84. The molecule has 0 aliphatic rings. The lowest BCUT2D eigenvalue weighted by atomic mass is 10.3. The van der Waals surface area contributed by atoms with Crippen molar-refractivity contribution in [3.63, 3.8) is 0 Å². The van der Waals surface area contributed by atoms with Crippen LogP contribution in [0.3, 0.4) is 0 Å². The summed E-state index contributed by atoms with van der Waals surface area (Å²) in [5.41, 5.74) is 7.14. The van der Waals surface area contributed by atoms with Crippen LogP contribution in [0.25, 0.3) is 0 Å². The van der Waals surface area contributed by atoms with Gasteiger partial charge in [-0.15, -0.1) is 0 Å². The molecule has 0 amide bonds. The fourth-order valence-corrected chi connectivity index (χ4v) is 1.59. The summed E-state index contributed by atoms with van der Waals surface area (Å²) in [4.78, 5) is 3.97. The molecule has 5 heteroatoms. The van der Waals surface area contributed by atoms with E-state index < -0.39 is 10.8 Å². The molecule has 0 radical (unpaired) electrons. The van der Waals surface area contributed by atoms with Crippen LogP contribution in [0, 0.1) is 0 Å². The van der Waals surface area contributed by atoms with Crippen LogP contribution in [-0.4, -0.2) is 27.2 Å². The lowest BCUT2D eigenvalue weighted by molar-refractivity contribution is 0.672. The Morgan fingerprint density at radius 1 is 1.60 bits per heavy atom. The molecule has 0 saturated carbocycles. The number of pyridine rings is 1. The number of nitrogens with zero attached hydrogens (tertiary/aromatic N) is 1. The summed E-state index contributed by atoms with van der Waals surface area (Å²) in [5, 5.41) is 3.41. The second-order valence-corrected chi connectivity index (χ2v) is 5.33. The van der Waals surface area contributed by atoms with E-state index in [9.17, 15) is 4.21 Å². The molecule has 1 aromatic heterocycles. The molecule has 0 fully saturated rings. The van der Waals surface area contributed by atoms with E-state index in [1.165, 1.54) is 0 Å². The summed E-state index contributed by atoms with van der Waals surface area (Å²) in [6.45, 7) is 2.77. The Bertz CT molecular complexity index is 343. The van der Waals surface area contributed by atoms with Gasteiger partial charge in [-0.25, -0.2) is 0 Å². The number of nitrogens with two attached hydrogens (primary N) is 1. The number of rotatable bonds is 5. The molecule has 84 valence electrons. The van der Waals surface area contributed by atoms with Crippen LogP contribution >= 0.6 is 0 Å². The van der Waals surface area contributed by atoms with Gasteiger partial charge in [-0.05, 0) is 12.5 Å². The topological polar surface area (TPSA) is 68.0 Å². The van der Waals surface area contributed by atoms with Gasteiger partial charge in [-0.2, -0.15) is 0 Å². The van der Waals surface area contributed by atoms with Gasteiger partial charge < -0.3 is 11.1 Å². The predicted molar refractivity (Wildman–Crippen MR) is 65.3 cm³/mol. The molecule has 1 heterocycles. The number of aromatic nitrogens is 1. The first-order chi connectivity index (χ1) is 7.09. The molecule has 0 spiro atoms. The molecule has 4 nitrogen and oxygen atoms in total. The first kappa shape index (κ1) is 12.0. The van der Waals surface area contributed by atoms with E-state index in [1.807, 2.05) is 13.0 Å². The van der Waals surface area contributed by atoms with Gasteiger partial charge in [-0.1, -0.05) is 6.92 Å². The molecule has 3 N–H and O–H groups in total. The number of hydrogen-bond acceptors (Lipinski definition) is 4. The Morgan fingerprint density at radius 3 is 2.93 bits per heavy atom. The third-order valence-corrected chi connectivity index (χ3v) is 3.57. The molecule has 0 aliphatic heterocycles. The second kappa shape index (κ2) is 5.70. The summed E-state index contributed by atoms with van der Waals surface area (Å²) < 4.78 is 11.1. The van der Waals surface area contributed by atoms with Crippen LogP contribution in [-0.2, 0) is 10.8 Å². The van der Waals surface area contributed by atoms with Gasteiger partial charge in [0.15, 0.2) is 0 Å². The van der Waals surface area contributed by atoms with Crippen LogP contribution in [0.2, 0.25) is 0 Å². The highest BCUT2D eigenvalue weighted by Gasteiger charge is 2.04. The minimum Gasteiger partial charge on any atom is -0.397 e. The highest BCUT2D eigenvalue weighted by Crippen LogP contribution is 2.09. The van der Waals surface area contributed by atoms with Gasteiger partial charge in [0, 0.05) is 35.0 Å². The standard InChI is InChI=1S/C10H17N3OS/c1-8(15(2)14)3-4-13-10-5-9(11)6-12-7-10/h5-8,13H,3-4,11H2,1-2H3. The Labute approximate surface area is 92.7 Å². The molecule has 1 rings (SSSR count). The Morgan fingerprint density at radius 2 is 2.33 bits per heavy atom. The maximum absolute atomic E-state index is 11.1. The smallest absolute Gasteiger partial charge is 0.0547 e. The molecule has 15 heavy (non-hydrogen) atoms. The molecular weight excluding hydrogens is 210 g/mol. The van der Waals surface area contributed by atoms with Crippen LogP contribution in [0.15, 0.2) is 18.5 Å². The van der Waals surface area contributed by atoms with Gasteiger partial charge in [0.05, 0.1) is 17.6 Å². The highest BCUT2D eigenvalue weighted by atomic mass is 32.2. The summed E-state index contributed by atoms with van der Waals surface area (Å²) in [6.07, 6.45) is 5.93. The fourth-order valence-electron chi connectivity index (χ4n) is 1.14. The summed E-state index contributed by atoms with van der Waals surface area (Å²) >= 11 is 0. The molecule has 2 atom stereocenters. The average Bonchev–Trinajstić information content (AvgIpc) is 2.17. The third-order valence-electron chi connectivity index (χ3n) is 2.21. The third kappa shape index (κ3) is 4.29. The van der Waals surface area contributed by atoms with E-state index in [2.05, 4.69) is 10.3 Å². The zero-order chi connectivity index (χ0) is 11.3. The molecular formula is C10H17N3OS. The Balaban J connectivity index is 2.35. The predicted octanol–water partition coefficient (Wildman–Crippen LogP) is 1.23. The van der Waals surface area contributed by atoms with Gasteiger partial charge >= 0.3 is 0 Å². The van der Waals surface area contributed by atoms with E-state index in [0.29, 0.717) is 5.69 Å². The first-order valence-electron chi connectivity index (χ1n) is 4.86.